The van der Waals surface area contributed by atoms with Crippen LogP contribution in [0.1, 0.15) is 17.5 Å². The molecule has 0 aliphatic carbocycles. The molecule has 2 aromatic rings. The average molecular weight is 342 g/mol. The lowest BCUT2D eigenvalue weighted by molar-refractivity contribution is -0.118. The highest BCUT2D eigenvalue weighted by molar-refractivity contribution is 5.73. The van der Waals surface area contributed by atoms with E-state index in [0.29, 0.717) is 19.6 Å². The van der Waals surface area contributed by atoms with Crippen molar-refractivity contribution in [1.82, 2.24) is 4.90 Å². The fourth-order valence-corrected chi connectivity index (χ4v) is 2.59. The Morgan fingerprint density at radius 2 is 1.96 bits per heavy atom. The number of primary amides is 1. The second kappa shape index (κ2) is 9.81. The first kappa shape index (κ1) is 19.0. The topological polar surface area (TPSA) is 75.8 Å². The Labute approximate surface area is 149 Å². The summed E-state index contributed by atoms with van der Waals surface area (Å²) < 4.78 is 5.66. The van der Waals surface area contributed by atoms with Gasteiger partial charge in [-0.05, 0) is 30.2 Å². The van der Waals surface area contributed by atoms with Gasteiger partial charge in [0.05, 0.1) is 0 Å². The molecule has 2 rings (SSSR count). The van der Waals surface area contributed by atoms with E-state index in [9.17, 15) is 9.90 Å². The lowest BCUT2D eigenvalue weighted by atomic mass is 10.2. The number of benzene rings is 2. The van der Waals surface area contributed by atoms with Gasteiger partial charge in [-0.15, -0.1) is 0 Å². The molecular weight excluding hydrogens is 316 g/mol. The number of aliphatic hydroxyl groups is 1. The van der Waals surface area contributed by atoms with E-state index >= 15 is 0 Å². The van der Waals surface area contributed by atoms with Crippen molar-refractivity contribution in [3.05, 3.63) is 65.7 Å². The van der Waals surface area contributed by atoms with E-state index < -0.39 is 6.10 Å². The minimum absolute atomic E-state index is 0.200. The molecule has 0 heterocycles. The number of ether oxygens (including phenoxy) is 1. The summed E-state index contributed by atoms with van der Waals surface area (Å²) in [4.78, 5) is 13.1. The van der Waals surface area contributed by atoms with Crippen molar-refractivity contribution in [2.75, 3.05) is 19.7 Å². The molecular formula is C20H26N2O3. The third-order valence-electron chi connectivity index (χ3n) is 3.82. The number of hydrogen-bond acceptors (Lipinski definition) is 4. The maximum atomic E-state index is 11.1. The van der Waals surface area contributed by atoms with Gasteiger partial charge in [0.2, 0.25) is 5.91 Å². The molecule has 0 spiro atoms. The molecule has 5 nitrogen and oxygen atoms in total. The minimum atomic E-state index is -0.655. The molecule has 1 amide bonds. The summed E-state index contributed by atoms with van der Waals surface area (Å²) in [5.74, 6) is 0.398. The minimum Gasteiger partial charge on any atom is -0.491 e. The first-order chi connectivity index (χ1) is 12.0. The van der Waals surface area contributed by atoms with Crippen LogP contribution in [0.25, 0.3) is 0 Å². The summed E-state index contributed by atoms with van der Waals surface area (Å²) in [6, 6.07) is 17.7. The quantitative estimate of drug-likeness (QED) is 0.693. The summed E-state index contributed by atoms with van der Waals surface area (Å²) >= 11 is 0. The van der Waals surface area contributed by atoms with Crippen LogP contribution in [0.15, 0.2) is 54.6 Å². The van der Waals surface area contributed by atoms with Crippen LogP contribution in [0.2, 0.25) is 0 Å². The number of amides is 1. The molecule has 0 bridgehead atoms. The van der Waals surface area contributed by atoms with Gasteiger partial charge >= 0.3 is 0 Å². The summed E-state index contributed by atoms with van der Waals surface area (Å²) in [6.07, 6.45) is -0.393. The van der Waals surface area contributed by atoms with Gasteiger partial charge in [-0.1, -0.05) is 42.5 Å². The summed E-state index contributed by atoms with van der Waals surface area (Å²) in [7, 11) is 0. The SMILES string of the molecule is Cc1cccc(OC[C@H](O)CN(CCC(N)=O)Cc2ccccc2)c1. The standard InChI is InChI=1S/C20H26N2O3/c1-16-6-5-9-19(12-16)25-15-18(23)14-22(11-10-20(21)24)13-17-7-3-2-4-8-17/h2-9,12,18,23H,10-11,13-15H2,1H3,(H2,21,24)/t18-/m1/s1. The Hall–Kier alpha value is -2.37. The van der Waals surface area contributed by atoms with E-state index in [-0.39, 0.29) is 18.9 Å². The average Bonchev–Trinajstić information content (AvgIpc) is 2.59. The van der Waals surface area contributed by atoms with Crippen molar-refractivity contribution < 1.29 is 14.6 Å². The molecule has 5 heteroatoms. The van der Waals surface area contributed by atoms with Gasteiger partial charge in [0.1, 0.15) is 18.5 Å². The predicted molar refractivity (Wildman–Crippen MR) is 98.2 cm³/mol. The monoisotopic (exact) mass is 342 g/mol. The van der Waals surface area contributed by atoms with Crippen LogP contribution in [0.3, 0.4) is 0 Å². The molecule has 134 valence electrons. The van der Waals surface area contributed by atoms with E-state index in [2.05, 4.69) is 0 Å². The zero-order valence-corrected chi connectivity index (χ0v) is 14.6. The summed E-state index contributed by atoms with van der Waals surface area (Å²) in [6.45, 7) is 3.76. The van der Waals surface area contributed by atoms with Gasteiger partial charge in [-0.2, -0.15) is 0 Å². The van der Waals surface area contributed by atoms with Crippen LogP contribution >= 0.6 is 0 Å². The van der Waals surface area contributed by atoms with Crippen molar-refractivity contribution in [2.24, 2.45) is 5.73 Å². The fourth-order valence-electron chi connectivity index (χ4n) is 2.59. The maximum absolute atomic E-state index is 11.1. The number of carbonyl (C=O) groups excluding carboxylic acids is 1. The van der Waals surface area contributed by atoms with Gasteiger partial charge in [-0.3, -0.25) is 9.69 Å². The van der Waals surface area contributed by atoms with Crippen LogP contribution in [-0.2, 0) is 11.3 Å². The Kier molecular flexibility index (Phi) is 7.44. The lowest BCUT2D eigenvalue weighted by Crippen LogP contribution is -2.37. The molecule has 0 unspecified atom stereocenters. The third kappa shape index (κ3) is 7.37. The highest BCUT2D eigenvalue weighted by Crippen LogP contribution is 2.13. The van der Waals surface area contributed by atoms with E-state index in [1.54, 1.807) is 0 Å². The van der Waals surface area contributed by atoms with Crippen molar-refractivity contribution >= 4 is 5.91 Å². The van der Waals surface area contributed by atoms with Gasteiger partial charge in [-0.25, -0.2) is 0 Å². The second-order valence-corrected chi connectivity index (χ2v) is 6.22. The fraction of sp³-hybridized carbons (Fsp3) is 0.350. The number of aliphatic hydroxyl groups excluding tert-OH is 1. The highest BCUT2D eigenvalue weighted by atomic mass is 16.5. The van der Waals surface area contributed by atoms with Crippen LogP contribution in [0.5, 0.6) is 5.75 Å². The molecule has 0 aliphatic rings. The van der Waals surface area contributed by atoms with Crippen molar-refractivity contribution in [2.45, 2.75) is 26.0 Å². The normalized spacial score (nSPS) is 12.1. The first-order valence-corrected chi connectivity index (χ1v) is 8.45. The first-order valence-electron chi connectivity index (χ1n) is 8.45. The predicted octanol–water partition coefficient (Wildman–Crippen LogP) is 2.11. The molecule has 25 heavy (non-hydrogen) atoms. The summed E-state index contributed by atoms with van der Waals surface area (Å²) in [5, 5.41) is 10.3. The Balaban J connectivity index is 1.88. The van der Waals surface area contributed by atoms with E-state index in [0.717, 1.165) is 16.9 Å². The second-order valence-electron chi connectivity index (χ2n) is 6.22. The highest BCUT2D eigenvalue weighted by Gasteiger charge is 2.14. The van der Waals surface area contributed by atoms with Crippen molar-refractivity contribution in [3.63, 3.8) is 0 Å². The van der Waals surface area contributed by atoms with Gasteiger partial charge in [0.25, 0.3) is 0 Å². The van der Waals surface area contributed by atoms with Crippen LogP contribution in [0, 0.1) is 6.92 Å². The van der Waals surface area contributed by atoms with E-state index in [1.165, 1.54) is 0 Å². The molecule has 0 saturated heterocycles. The zero-order chi connectivity index (χ0) is 18.1. The Morgan fingerprint density at radius 3 is 2.64 bits per heavy atom. The number of nitrogens with two attached hydrogens (primary N) is 1. The van der Waals surface area contributed by atoms with Gasteiger partial charge in [0, 0.05) is 26.1 Å². The number of hydrogen-bond donors (Lipinski definition) is 2. The lowest BCUT2D eigenvalue weighted by Gasteiger charge is -2.25. The molecule has 1 atom stereocenters. The van der Waals surface area contributed by atoms with Gasteiger partial charge in [0.15, 0.2) is 0 Å². The molecule has 2 aromatic carbocycles. The number of carbonyl (C=O) groups is 1. The van der Waals surface area contributed by atoms with E-state index in [1.807, 2.05) is 66.4 Å². The van der Waals surface area contributed by atoms with E-state index in [4.69, 9.17) is 10.5 Å². The molecule has 0 aromatic heterocycles. The van der Waals surface area contributed by atoms with Crippen LogP contribution in [0.4, 0.5) is 0 Å². The van der Waals surface area contributed by atoms with Crippen molar-refractivity contribution in [1.29, 1.82) is 0 Å². The number of nitrogens with zero attached hydrogens (tertiary/aromatic N) is 1. The molecule has 0 aliphatic heterocycles. The maximum Gasteiger partial charge on any atom is 0.218 e. The smallest absolute Gasteiger partial charge is 0.218 e. The molecule has 0 fully saturated rings. The van der Waals surface area contributed by atoms with Gasteiger partial charge < -0.3 is 15.6 Å². The summed E-state index contributed by atoms with van der Waals surface area (Å²) in [5.41, 5.74) is 7.50. The van der Waals surface area contributed by atoms with Crippen LogP contribution in [-0.4, -0.2) is 41.7 Å². The Bertz CT molecular complexity index is 661. The molecule has 3 N–H and O–H groups in total. The molecule has 0 radical (unpaired) electrons. The Morgan fingerprint density at radius 1 is 1.20 bits per heavy atom. The third-order valence-corrected chi connectivity index (χ3v) is 3.82. The van der Waals surface area contributed by atoms with Crippen molar-refractivity contribution in [3.8, 4) is 5.75 Å². The number of rotatable bonds is 10. The zero-order valence-electron chi connectivity index (χ0n) is 14.6. The largest absolute Gasteiger partial charge is 0.491 e. The number of aryl methyl sites for hydroxylation is 1. The van der Waals surface area contributed by atoms with Crippen LogP contribution < -0.4 is 10.5 Å². The molecule has 0 saturated carbocycles.